The molecule has 1 aliphatic carbocycles. The molecule has 1 aromatic heterocycles. The minimum absolute atomic E-state index is 0. The molecular weight excluding hydrogens is 378 g/mol. The summed E-state index contributed by atoms with van der Waals surface area (Å²) in [5, 5.41) is 7.39. The number of hydrogen-bond donors (Lipinski definition) is 1. The summed E-state index contributed by atoms with van der Waals surface area (Å²) in [5.41, 5.74) is 1.48. The molecule has 4 rings (SSSR count). The van der Waals surface area contributed by atoms with Crippen LogP contribution in [0, 0.1) is 17.0 Å². The molecule has 1 unspecified atom stereocenters. The predicted octanol–water partition coefficient (Wildman–Crippen LogP) is 4.23. The molecule has 1 spiro atoms. The fourth-order valence-electron chi connectivity index (χ4n) is 3.93. The maximum Gasteiger partial charge on any atom is 0.254 e. The summed E-state index contributed by atoms with van der Waals surface area (Å²) in [6.07, 6.45) is 3.11. The van der Waals surface area contributed by atoms with Gasteiger partial charge in [-0.15, -0.1) is 12.4 Å². The van der Waals surface area contributed by atoms with Crippen LogP contribution in [-0.4, -0.2) is 29.9 Å². The first kappa shape index (κ1) is 19.3. The van der Waals surface area contributed by atoms with Crippen molar-refractivity contribution in [3.63, 3.8) is 0 Å². The van der Waals surface area contributed by atoms with E-state index in [1.54, 1.807) is 11.3 Å². The van der Waals surface area contributed by atoms with E-state index in [9.17, 15) is 13.6 Å². The molecule has 2 heterocycles. The number of thiophene rings is 1. The highest BCUT2D eigenvalue weighted by Crippen LogP contribution is 2.56. The Bertz CT molecular complexity index is 778. The van der Waals surface area contributed by atoms with Crippen LogP contribution < -0.4 is 5.32 Å². The molecule has 1 saturated carbocycles. The van der Waals surface area contributed by atoms with Crippen molar-refractivity contribution in [3.05, 3.63) is 57.8 Å². The van der Waals surface area contributed by atoms with Crippen molar-refractivity contribution in [2.45, 2.75) is 31.8 Å². The third-order valence-corrected chi connectivity index (χ3v) is 6.21. The lowest BCUT2D eigenvalue weighted by Gasteiger charge is -2.29. The highest BCUT2D eigenvalue weighted by molar-refractivity contribution is 7.07. The van der Waals surface area contributed by atoms with E-state index in [1.165, 1.54) is 6.07 Å². The molecule has 0 bridgehead atoms. The number of hydrogen-bond acceptors (Lipinski definition) is 3. The molecule has 1 atom stereocenters. The lowest BCUT2D eigenvalue weighted by Crippen LogP contribution is -2.39. The van der Waals surface area contributed by atoms with Crippen molar-refractivity contribution >= 4 is 29.7 Å². The third-order valence-electron chi connectivity index (χ3n) is 5.48. The summed E-state index contributed by atoms with van der Waals surface area (Å²) in [7, 11) is 0. The molecule has 7 heteroatoms. The Hall–Kier alpha value is -1.50. The molecule has 1 amide bonds. The van der Waals surface area contributed by atoms with Gasteiger partial charge in [0.2, 0.25) is 0 Å². The third kappa shape index (κ3) is 3.63. The molecule has 1 aromatic carbocycles. The fourth-order valence-corrected chi connectivity index (χ4v) is 4.59. The van der Waals surface area contributed by atoms with Crippen LogP contribution in [0.25, 0.3) is 0 Å². The van der Waals surface area contributed by atoms with E-state index in [4.69, 9.17) is 0 Å². The first-order valence-corrected chi connectivity index (χ1v) is 9.51. The zero-order valence-corrected chi connectivity index (χ0v) is 15.8. The van der Waals surface area contributed by atoms with Gasteiger partial charge in [0, 0.05) is 18.2 Å². The van der Waals surface area contributed by atoms with Crippen molar-refractivity contribution in [2.75, 3.05) is 13.1 Å². The van der Waals surface area contributed by atoms with Gasteiger partial charge in [-0.05, 0) is 78.4 Å². The van der Waals surface area contributed by atoms with Crippen LogP contribution in [0.15, 0.2) is 35.0 Å². The van der Waals surface area contributed by atoms with Gasteiger partial charge in [-0.3, -0.25) is 4.79 Å². The van der Waals surface area contributed by atoms with Crippen LogP contribution in [0.1, 0.15) is 35.2 Å². The average molecular weight is 399 g/mol. The Morgan fingerprint density at radius 2 is 2.00 bits per heavy atom. The van der Waals surface area contributed by atoms with E-state index in [1.807, 2.05) is 21.7 Å². The second-order valence-electron chi connectivity index (χ2n) is 7.03. The van der Waals surface area contributed by atoms with Gasteiger partial charge in [0.15, 0.2) is 11.6 Å². The van der Waals surface area contributed by atoms with Crippen molar-refractivity contribution in [3.8, 4) is 0 Å². The zero-order valence-electron chi connectivity index (χ0n) is 14.2. The summed E-state index contributed by atoms with van der Waals surface area (Å²) in [6.45, 7) is 2.46. The van der Waals surface area contributed by atoms with Gasteiger partial charge in [0.1, 0.15) is 0 Å². The van der Waals surface area contributed by atoms with Gasteiger partial charge < -0.3 is 10.2 Å². The summed E-state index contributed by atoms with van der Waals surface area (Å²) in [6, 6.07) is 5.59. The number of amides is 1. The first-order valence-electron chi connectivity index (χ1n) is 8.57. The summed E-state index contributed by atoms with van der Waals surface area (Å²) >= 11 is 1.60. The maximum atomic E-state index is 13.6. The minimum Gasteiger partial charge on any atom is -0.331 e. The molecule has 2 aliphatic rings. The molecule has 26 heavy (non-hydrogen) atoms. The van der Waals surface area contributed by atoms with Crippen molar-refractivity contribution in [2.24, 2.45) is 5.41 Å². The zero-order chi connectivity index (χ0) is 17.4. The number of benzene rings is 1. The number of carbonyl (C=O) groups is 1. The molecular formula is C19H21ClF2N2OS. The predicted molar refractivity (Wildman–Crippen MR) is 101 cm³/mol. The number of piperidine rings is 1. The van der Waals surface area contributed by atoms with Crippen LogP contribution in [-0.2, 0) is 6.54 Å². The molecule has 0 radical (unpaired) electrons. The molecule has 2 aromatic rings. The van der Waals surface area contributed by atoms with Crippen LogP contribution in [0.5, 0.6) is 0 Å². The molecule has 140 valence electrons. The topological polar surface area (TPSA) is 32.3 Å². The highest BCUT2D eigenvalue weighted by atomic mass is 35.5. The van der Waals surface area contributed by atoms with Crippen molar-refractivity contribution in [1.82, 2.24) is 10.2 Å². The largest absolute Gasteiger partial charge is 0.331 e. The normalized spacial score (nSPS) is 20.5. The van der Waals surface area contributed by atoms with E-state index in [-0.39, 0.29) is 35.3 Å². The van der Waals surface area contributed by atoms with Gasteiger partial charge in [0.25, 0.3) is 5.91 Å². The monoisotopic (exact) mass is 398 g/mol. The molecule has 2 fully saturated rings. The Morgan fingerprint density at radius 3 is 2.65 bits per heavy atom. The quantitative estimate of drug-likeness (QED) is 0.835. The van der Waals surface area contributed by atoms with E-state index < -0.39 is 11.6 Å². The number of nitrogens with one attached hydrogen (secondary N) is 1. The second-order valence-corrected chi connectivity index (χ2v) is 7.81. The lowest BCUT2D eigenvalue weighted by molar-refractivity contribution is 0.0692. The van der Waals surface area contributed by atoms with Crippen LogP contribution >= 0.6 is 23.7 Å². The molecule has 1 N–H and O–H groups in total. The smallest absolute Gasteiger partial charge is 0.254 e. The van der Waals surface area contributed by atoms with E-state index in [0.717, 1.165) is 50.0 Å². The van der Waals surface area contributed by atoms with Crippen LogP contribution in [0.3, 0.4) is 0 Å². The summed E-state index contributed by atoms with van der Waals surface area (Å²) < 4.78 is 26.8. The first-order chi connectivity index (χ1) is 12.1. The van der Waals surface area contributed by atoms with E-state index in [0.29, 0.717) is 6.54 Å². The summed E-state index contributed by atoms with van der Waals surface area (Å²) in [4.78, 5) is 14.9. The Kier molecular flexibility index (Phi) is 5.65. The van der Waals surface area contributed by atoms with Crippen LogP contribution in [0.4, 0.5) is 8.78 Å². The number of carbonyl (C=O) groups excluding carboxylic acids is 1. The highest BCUT2D eigenvalue weighted by Gasteiger charge is 2.57. The molecule has 3 nitrogen and oxygen atoms in total. The Balaban J connectivity index is 0.00000196. The van der Waals surface area contributed by atoms with Gasteiger partial charge in [-0.25, -0.2) is 8.78 Å². The van der Waals surface area contributed by atoms with E-state index in [2.05, 4.69) is 5.32 Å². The van der Waals surface area contributed by atoms with Crippen molar-refractivity contribution < 1.29 is 13.6 Å². The molecule has 1 saturated heterocycles. The average Bonchev–Trinajstić information content (AvgIpc) is 3.06. The van der Waals surface area contributed by atoms with E-state index >= 15 is 0 Å². The number of rotatable bonds is 4. The standard InChI is InChI=1S/C19H20F2N2OS.ClH/c20-15-2-1-14(9-16(15)21)18(24)23(11-13-3-8-25-12-13)17-10-19(17)4-6-22-7-5-19;/h1-3,8-9,12,17,22H,4-7,10-11H2;1H. The Morgan fingerprint density at radius 1 is 1.23 bits per heavy atom. The number of halogens is 3. The Labute approximate surface area is 161 Å². The second kappa shape index (κ2) is 7.62. The summed E-state index contributed by atoms with van der Waals surface area (Å²) in [5.74, 6) is -2.12. The van der Waals surface area contributed by atoms with Gasteiger partial charge >= 0.3 is 0 Å². The van der Waals surface area contributed by atoms with Gasteiger partial charge in [0.05, 0.1) is 0 Å². The lowest BCUT2D eigenvalue weighted by atomic mass is 9.93. The maximum absolute atomic E-state index is 13.6. The van der Waals surface area contributed by atoms with Gasteiger partial charge in [-0.2, -0.15) is 11.3 Å². The van der Waals surface area contributed by atoms with Crippen LogP contribution in [0.2, 0.25) is 0 Å². The fraction of sp³-hybridized carbons (Fsp3) is 0.421. The van der Waals surface area contributed by atoms with Crippen molar-refractivity contribution in [1.29, 1.82) is 0 Å². The SMILES string of the molecule is Cl.O=C(c1ccc(F)c(F)c1)N(Cc1ccsc1)C1CC12CCNCC2. The number of nitrogens with zero attached hydrogens (tertiary/aromatic N) is 1. The van der Waals surface area contributed by atoms with Gasteiger partial charge in [-0.1, -0.05) is 0 Å². The minimum atomic E-state index is -0.978. The molecule has 1 aliphatic heterocycles.